The van der Waals surface area contributed by atoms with Crippen molar-refractivity contribution in [1.29, 1.82) is 0 Å². The van der Waals surface area contributed by atoms with Gasteiger partial charge in [-0.15, -0.1) is 5.10 Å². The Bertz CT molecular complexity index is 928. The van der Waals surface area contributed by atoms with E-state index in [0.717, 1.165) is 22.8 Å². The van der Waals surface area contributed by atoms with Gasteiger partial charge in [-0.05, 0) is 71.8 Å². The van der Waals surface area contributed by atoms with Crippen LogP contribution in [0.15, 0.2) is 47.8 Å². The van der Waals surface area contributed by atoms with Gasteiger partial charge in [0.05, 0.1) is 0 Å². The molecule has 3 N–H and O–H groups in total. The molecule has 6 nitrogen and oxygen atoms in total. The number of hydrogen-bond acceptors (Lipinski definition) is 5. The van der Waals surface area contributed by atoms with Gasteiger partial charge in [0.15, 0.2) is 10.8 Å². The van der Waals surface area contributed by atoms with Crippen LogP contribution in [0.4, 0.5) is 11.4 Å². The van der Waals surface area contributed by atoms with Gasteiger partial charge in [0.1, 0.15) is 0 Å². The first-order valence-corrected chi connectivity index (χ1v) is 9.68. The van der Waals surface area contributed by atoms with Crippen LogP contribution in [-0.4, -0.2) is 20.6 Å². The van der Waals surface area contributed by atoms with Crippen LogP contribution in [0.5, 0.6) is 0 Å². The van der Waals surface area contributed by atoms with Crippen molar-refractivity contribution in [3.05, 3.63) is 69.1 Å². The largest absolute Gasteiger partial charge is 0.358 e. The fraction of sp³-hybridized carbons (Fsp3) is 0.0588. The highest BCUT2D eigenvalue weighted by Crippen LogP contribution is 2.19. The van der Waals surface area contributed by atoms with Crippen LogP contribution < -0.4 is 16.0 Å². The summed E-state index contributed by atoms with van der Waals surface area (Å²) in [7, 11) is 0. The molecule has 0 aliphatic rings. The zero-order valence-corrected chi connectivity index (χ0v) is 16.8. The molecule has 0 bridgehead atoms. The van der Waals surface area contributed by atoms with E-state index in [9.17, 15) is 4.79 Å². The SMILES string of the molecule is O=C(Nc1ccc(NC(=S)NCc2cc(Cl)cc(Cl)c2)cc1)c1csnn1. The number of amides is 1. The molecule has 0 fully saturated rings. The van der Waals surface area contributed by atoms with Crippen LogP contribution >= 0.6 is 47.0 Å². The number of halogens is 2. The predicted molar refractivity (Wildman–Crippen MR) is 114 cm³/mol. The number of carbonyl (C=O) groups is 1. The van der Waals surface area contributed by atoms with E-state index in [0.29, 0.717) is 27.4 Å². The summed E-state index contributed by atoms with van der Waals surface area (Å²) < 4.78 is 3.67. The molecule has 0 unspecified atom stereocenters. The molecule has 138 valence electrons. The average molecular weight is 438 g/mol. The molecular weight excluding hydrogens is 425 g/mol. The van der Waals surface area contributed by atoms with E-state index >= 15 is 0 Å². The quantitative estimate of drug-likeness (QED) is 0.506. The van der Waals surface area contributed by atoms with Crippen LogP contribution in [0.25, 0.3) is 0 Å². The van der Waals surface area contributed by atoms with Crippen molar-refractivity contribution in [3.8, 4) is 0 Å². The van der Waals surface area contributed by atoms with Crippen LogP contribution in [0, 0.1) is 0 Å². The Morgan fingerprint density at radius 2 is 1.67 bits per heavy atom. The molecule has 0 spiro atoms. The molecule has 1 heterocycles. The van der Waals surface area contributed by atoms with Crippen molar-refractivity contribution in [2.45, 2.75) is 6.54 Å². The number of thiocarbonyl (C=S) groups is 1. The van der Waals surface area contributed by atoms with Crippen molar-refractivity contribution in [1.82, 2.24) is 14.9 Å². The van der Waals surface area contributed by atoms with Gasteiger partial charge in [0.2, 0.25) is 0 Å². The molecular formula is C17H13Cl2N5OS2. The molecule has 1 aromatic heterocycles. The van der Waals surface area contributed by atoms with E-state index in [1.54, 1.807) is 35.7 Å². The van der Waals surface area contributed by atoms with Gasteiger partial charge in [-0.3, -0.25) is 4.79 Å². The number of hydrogen-bond donors (Lipinski definition) is 3. The zero-order valence-electron chi connectivity index (χ0n) is 13.7. The highest BCUT2D eigenvalue weighted by molar-refractivity contribution is 7.80. The van der Waals surface area contributed by atoms with Crippen LogP contribution in [0.3, 0.4) is 0 Å². The van der Waals surface area contributed by atoms with Gasteiger partial charge in [0, 0.05) is 33.3 Å². The molecule has 1 amide bonds. The lowest BCUT2D eigenvalue weighted by Crippen LogP contribution is -2.27. The molecule has 0 saturated carbocycles. The summed E-state index contributed by atoms with van der Waals surface area (Å²) in [5, 5.41) is 15.8. The van der Waals surface area contributed by atoms with Gasteiger partial charge in [-0.1, -0.05) is 27.7 Å². The third kappa shape index (κ3) is 5.86. The molecule has 0 aliphatic heterocycles. The van der Waals surface area contributed by atoms with Crippen LogP contribution in [-0.2, 0) is 6.54 Å². The highest BCUT2D eigenvalue weighted by atomic mass is 35.5. The molecule has 0 aliphatic carbocycles. The zero-order chi connectivity index (χ0) is 19.2. The maximum atomic E-state index is 11.9. The Kier molecular flexibility index (Phi) is 6.57. The van der Waals surface area contributed by atoms with Gasteiger partial charge in [-0.2, -0.15) is 0 Å². The Hall–Kier alpha value is -2.26. The van der Waals surface area contributed by atoms with E-state index < -0.39 is 0 Å². The minimum Gasteiger partial charge on any atom is -0.358 e. The summed E-state index contributed by atoms with van der Waals surface area (Å²) in [5.41, 5.74) is 2.64. The number of nitrogens with one attached hydrogen (secondary N) is 3. The lowest BCUT2D eigenvalue weighted by Gasteiger charge is -2.12. The second kappa shape index (κ2) is 9.09. The minimum absolute atomic E-state index is 0.286. The maximum Gasteiger partial charge on any atom is 0.277 e. The molecule has 3 rings (SSSR count). The Balaban J connectivity index is 1.51. The number of rotatable bonds is 5. The standard InChI is InChI=1S/C17H13Cl2N5OS2/c18-11-5-10(6-12(19)7-11)8-20-17(26)22-14-3-1-13(2-4-14)21-16(25)15-9-27-24-23-15/h1-7,9H,8H2,(H,21,25)(H2,20,22,26). The molecule has 0 atom stereocenters. The maximum absolute atomic E-state index is 11.9. The summed E-state index contributed by atoms with van der Waals surface area (Å²) in [5.74, 6) is -0.304. The third-order valence-corrected chi connectivity index (χ3v) is 4.56. The first-order chi connectivity index (χ1) is 13.0. The van der Waals surface area contributed by atoms with Crippen LogP contribution in [0.1, 0.15) is 16.1 Å². The molecule has 27 heavy (non-hydrogen) atoms. The van der Waals surface area contributed by atoms with Gasteiger partial charge in [-0.25, -0.2) is 0 Å². The van der Waals surface area contributed by atoms with Crippen molar-refractivity contribution >= 4 is 69.3 Å². The Morgan fingerprint density at radius 1 is 1.04 bits per heavy atom. The topological polar surface area (TPSA) is 78.9 Å². The van der Waals surface area contributed by atoms with E-state index in [1.165, 1.54) is 0 Å². The number of benzene rings is 2. The molecule has 10 heteroatoms. The number of carbonyl (C=O) groups excluding carboxylic acids is 1. The summed E-state index contributed by atoms with van der Waals surface area (Å²) in [6, 6.07) is 12.4. The summed E-state index contributed by atoms with van der Waals surface area (Å²) in [6.07, 6.45) is 0. The average Bonchev–Trinajstić information content (AvgIpc) is 3.16. The molecule has 2 aromatic carbocycles. The van der Waals surface area contributed by atoms with E-state index in [4.69, 9.17) is 35.4 Å². The second-order valence-corrected chi connectivity index (χ2v) is 7.30. The molecule has 0 saturated heterocycles. The van der Waals surface area contributed by atoms with Crippen molar-refractivity contribution in [3.63, 3.8) is 0 Å². The van der Waals surface area contributed by atoms with Gasteiger partial charge >= 0.3 is 0 Å². The first-order valence-electron chi connectivity index (χ1n) is 7.68. The molecule has 3 aromatic rings. The summed E-state index contributed by atoms with van der Waals surface area (Å²) in [4.78, 5) is 11.9. The number of anilines is 2. The van der Waals surface area contributed by atoms with E-state index in [1.807, 2.05) is 12.1 Å². The second-order valence-electron chi connectivity index (χ2n) is 5.41. The van der Waals surface area contributed by atoms with Crippen molar-refractivity contribution in [2.75, 3.05) is 10.6 Å². The first kappa shape index (κ1) is 19.5. The Morgan fingerprint density at radius 3 is 2.26 bits per heavy atom. The highest BCUT2D eigenvalue weighted by Gasteiger charge is 2.09. The van der Waals surface area contributed by atoms with Gasteiger partial charge in [0.25, 0.3) is 5.91 Å². The monoisotopic (exact) mass is 437 g/mol. The lowest BCUT2D eigenvalue weighted by molar-refractivity contribution is 0.102. The van der Waals surface area contributed by atoms with Gasteiger partial charge < -0.3 is 16.0 Å². The normalized spacial score (nSPS) is 10.3. The molecule has 0 radical (unpaired) electrons. The fourth-order valence-electron chi connectivity index (χ4n) is 2.17. The van der Waals surface area contributed by atoms with Crippen molar-refractivity contribution < 1.29 is 4.79 Å². The third-order valence-electron chi connectivity index (χ3n) is 3.37. The summed E-state index contributed by atoms with van der Waals surface area (Å²) >= 11 is 18.4. The van der Waals surface area contributed by atoms with E-state index in [2.05, 4.69) is 25.5 Å². The minimum atomic E-state index is -0.304. The number of nitrogens with zero attached hydrogens (tertiary/aromatic N) is 2. The predicted octanol–water partition coefficient (Wildman–Crippen LogP) is 4.58. The number of aromatic nitrogens is 2. The van der Waals surface area contributed by atoms with Crippen LogP contribution in [0.2, 0.25) is 10.0 Å². The lowest BCUT2D eigenvalue weighted by atomic mass is 10.2. The Labute approximate surface area is 175 Å². The smallest absolute Gasteiger partial charge is 0.277 e. The van der Waals surface area contributed by atoms with Crippen molar-refractivity contribution in [2.24, 2.45) is 0 Å². The summed E-state index contributed by atoms with van der Waals surface area (Å²) in [6.45, 7) is 0.488. The van der Waals surface area contributed by atoms with E-state index in [-0.39, 0.29) is 11.6 Å². The fourth-order valence-corrected chi connectivity index (χ4v) is 3.36.